The molecule has 4 bridgehead atoms. The minimum Gasteiger partial charge on any atom is -0.496 e. The van der Waals surface area contributed by atoms with Crippen LogP contribution in [-0.2, 0) is 25.5 Å². The number of fused-ring (bicyclic) bond motifs is 9. The molecule has 12 heteroatoms. The molecule has 2 aromatic carbocycles. The van der Waals surface area contributed by atoms with Crippen molar-refractivity contribution in [3.8, 4) is 29.1 Å². The molecular formula is C32H33N3O8S. The zero-order chi connectivity index (χ0) is 31.2. The maximum Gasteiger partial charge on any atom is 0.375 e. The average Bonchev–Trinajstić information content (AvgIpc) is 3.47. The highest BCUT2D eigenvalue weighted by Gasteiger charge is 2.60. The van der Waals surface area contributed by atoms with E-state index in [1.54, 1.807) is 7.11 Å². The molecule has 6 atom stereocenters. The third kappa shape index (κ3) is 3.92. The first kappa shape index (κ1) is 29.0. The minimum atomic E-state index is -0.909. The third-order valence-corrected chi connectivity index (χ3v) is 11.1. The fourth-order valence-electron chi connectivity index (χ4n) is 8.23. The van der Waals surface area contributed by atoms with E-state index in [9.17, 15) is 19.6 Å². The zero-order valence-corrected chi connectivity index (χ0v) is 26.2. The molecule has 0 spiro atoms. The first-order valence-corrected chi connectivity index (χ1v) is 15.7. The number of rotatable bonds is 2. The number of nitriles is 1. The number of ketones is 1. The van der Waals surface area contributed by atoms with E-state index in [1.165, 1.54) is 18.7 Å². The molecule has 7 rings (SSSR count). The van der Waals surface area contributed by atoms with Crippen LogP contribution < -0.4 is 18.9 Å². The van der Waals surface area contributed by atoms with Gasteiger partial charge in [-0.3, -0.25) is 19.4 Å². The lowest BCUT2D eigenvalue weighted by molar-refractivity contribution is -0.157. The highest BCUT2D eigenvalue weighted by atomic mass is 32.2. The number of likely N-dealkylation sites (N-methyl/N-ethyl adjacent to an activating group) is 1. The van der Waals surface area contributed by atoms with Gasteiger partial charge >= 0.3 is 11.9 Å². The number of thioether (sulfide) groups is 1. The fraction of sp³-hybridized carbons (Fsp3) is 0.500. The third-order valence-electron chi connectivity index (χ3n) is 9.82. The maximum absolute atomic E-state index is 13.0. The van der Waals surface area contributed by atoms with E-state index in [4.69, 9.17) is 23.7 Å². The van der Waals surface area contributed by atoms with Gasteiger partial charge in [0.2, 0.25) is 12.6 Å². The van der Waals surface area contributed by atoms with Gasteiger partial charge < -0.3 is 23.7 Å². The second kappa shape index (κ2) is 10.4. The lowest BCUT2D eigenvalue weighted by Gasteiger charge is -2.62. The van der Waals surface area contributed by atoms with Gasteiger partial charge in [-0.15, -0.1) is 11.8 Å². The van der Waals surface area contributed by atoms with Gasteiger partial charge in [0.1, 0.15) is 24.1 Å². The molecule has 5 aliphatic rings. The normalized spacial score (nSPS) is 28.8. The summed E-state index contributed by atoms with van der Waals surface area (Å²) in [6.07, 6.45) is 0.648. The second-order valence-corrected chi connectivity index (χ2v) is 13.2. The van der Waals surface area contributed by atoms with Gasteiger partial charge in [0.15, 0.2) is 11.5 Å². The van der Waals surface area contributed by atoms with Crippen molar-refractivity contribution >= 4 is 29.5 Å². The lowest BCUT2D eigenvalue weighted by Crippen LogP contribution is -2.69. The zero-order valence-electron chi connectivity index (χ0n) is 25.4. The SMILES string of the molecule is COc1c(C)cc2c(c1C)[C@@H]1C3[C@@H]4SCC(=O)C(=O)OC[C@@H](c5c6c(c(C)c(OC(C)=O)c54)OCO6)N3[C@@H](C#N)[C@H](C2)N1C. The van der Waals surface area contributed by atoms with E-state index in [2.05, 4.69) is 28.9 Å². The molecule has 5 aliphatic heterocycles. The molecule has 230 valence electrons. The molecule has 2 aromatic rings. The van der Waals surface area contributed by atoms with Crippen molar-refractivity contribution < 1.29 is 38.1 Å². The number of methoxy groups -OCH3 is 1. The van der Waals surface area contributed by atoms with Crippen molar-refractivity contribution in [3.05, 3.63) is 45.0 Å². The van der Waals surface area contributed by atoms with E-state index in [1.807, 2.05) is 20.9 Å². The molecule has 0 saturated carbocycles. The maximum atomic E-state index is 13.0. The van der Waals surface area contributed by atoms with Crippen LogP contribution in [0.2, 0.25) is 0 Å². The van der Waals surface area contributed by atoms with Crippen molar-refractivity contribution in [1.82, 2.24) is 9.80 Å². The number of ether oxygens (including phenoxy) is 5. The molecule has 0 N–H and O–H groups in total. The quantitative estimate of drug-likeness (QED) is 0.278. The van der Waals surface area contributed by atoms with E-state index in [0.29, 0.717) is 40.4 Å². The van der Waals surface area contributed by atoms with Gasteiger partial charge in [-0.1, -0.05) is 6.07 Å². The van der Waals surface area contributed by atoms with Gasteiger partial charge in [0, 0.05) is 35.7 Å². The molecule has 0 amide bonds. The summed E-state index contributed by atoms with van der Waals surface area (Å²) >= 11 is 1.30. The number of hydrogen-bond donors (Lipinski definition) is 0. The number of benzene rings is 2. The van der Waals surface area contributed by atoms with Crippen molar-refractivity contribution in [2.75, 3.05) is 33.3 Å². The second-order valence-electron chi connectivity index (χ2n) is 12.0. The summed E-state index contributed by atoms with van der Waals surface area (Å²) in [7, 11) is 3.72. The largest absolute Gasteiger partial charge is 0.496 e. The van der Waals surface area contributed by atoms with Gasteiger partial charge in [-0.05, 0) is 56.5 Å². The Morgan fingerprint density at radius 3 is 2.52 bits per heavy atom. The fourth-order valence-corrected chi connectivity index (χ4v) is 9.57. The van der Waals surface area contributed by atoms with Crippen molar-refractivity contribution in [2.24, 2.45) is 0 Å². The first-order chi connectivity index (χ1) is 21.1. The van der Waals surface area contributed by atoms with Gasteiger partial charge in [0.25, 0.3) is 0 Å². The van der Waals surface area contributed by atoms with Crippen molar-refractivity contribution in [1.29, 1.82) is 5.26 Å². The summed E-state index contributed by atoms with van der Waals surface area (Å²) in [5.41, 5.74) is 6.32. The minimum absolute atomic E-state index is 0.0280. The Balaban J connectivity index is 1.57. The average molecular weight is 620 g/mol. The molecule has 0 aliphatic carbocycles. The van der Waals surface area contributed by atoms with Crippen LogP contribution in [-0.4, -0.2) is 79.0 Å². The van der Waals surface area contributed by atoms with Gasteiger partial charge in [-0.25, -0.2) is 4.79 Å². The predicted molar refractivity (Wildman–Crippen MR) is 158 cm³/mol. The summed E-state index contributed by atoms with van der Waals surface area (Å²) in [6, 6.07) is 2.72. The van der Waals surface area contributed by atoms with Gasteiger partial charge in [0.05, 0.1) is 36.3 Å². The number of carbonyl (C=O) groups excluding carboxylic acids is 3. The number of Topliss-reactive ketones (excluding diaryl/α,β-unsaturated/α-hetero) is 1. The molecule has 11 nitrogen and oxygen atoms in total. The number of piperazine rings is 1. The van der Waals surface area contributed by atoms with E-state index in [0.717, 1.165) is 28.0 Å². The Kier molecular flexibility index (Phi) is 6.84. The van der Waals surface area contributed by atoms with Crippen LogP contribution in [0.4, 0.5) is 0 Å². The Morgan fingerprint density at radius 1 is 1.07 bits per heavy atom. The Labute approximate surface area is 259 Å². The topological polar surface area (TPSA) is 128 Å². The first-order valence-electron chi connectivity index (χ1n) is 14.6. The van der Waals surface area contributed by atoms with Crippen LogP contribution in [0.15, 0.2) is 6.07 Å². The summed E-state index contributed by atoms with van der Waals surface area (Å²) < 4.78 is 29.4. The highest BCUT2D eigenvalue weighted by Crippen LogP contribution is 2.63. The number of aryl methyl sites for hydroxylation is 1. The summed E-state index contributed by atoms with van der Waals surface area (Å²) in [4.78, 5) is 42.7. The number of esters is 2. The van der Waals surface area contributed by atoms with Crippen LogP contribution in [0, 0.1) is 32.1 Å². The molecule has 0 radical (unpaired) electrons. The number of cyclic esters (lactones) is 1. The van der Waals surface area contributed by atoms with E-state index in [-0.39, 0.29) is 37.3 Å². The van der Waals surface area contributed by atoms with E-state index >= 15 is 0 Å². The molecule has 1 unspecified atom stereocenters. The van der Waals surface area contributed by atoms with Crippen molar-refractivity contribution in [3.63, 3.8) is 0 Å². The summed E-state index contributed by atoms with van der Waals surface area (Å²) in [5.74, 6) is -0.0907. The Bertz CT molecular complexity index is 1680. The van der Waals surface area contributed by atoms with Gasteiger partial charge in [-0.2, -0.15) is 5.26 Å². The Morgan fingerprint density at radius 2 is 1.82 bits per heavy atom. The van der Waals surface area contributed by atoms with Crippen LogP contribution >= 0.6 is 11.8 Å². The van der Waals surface area contributed by atoms with Crippen LogP contribution in [0.25, 0.3) is 0 Å². The highest BCUT2D eigenvalue weighted by molar-refractivity contribution is 8.00. The molecule has 5 heterocycles. The summed E-state index contributed by atoms with van der Waals surface area (Å²) in [6.45, 7) is 7.05. The van der Waals surface area contributed by atoms with Crippen LogP contribution in [0.1, 0.15) is 63.2 Å². The van der Waals surface area contributed by atoms with Crippen molar-refractivity contribution in [2.45, 2.75) is 69.6 Å². The molecule has 2 saturated heterocycles. The number of nitrogens with zero attached hydrogens (tertiary/aromatic N) is 3. The molecule has 44 heavy (non-hydrogen) atoms. The van der Waals surface area contributed by atoms with Crippen LogP contribution in [0.5, 0.6) is 23.0 Å². The standard InChI is InChI=1S/C32H33N3O8S/c1-13-7-17-8-18-19(9-33)35-20-10-40-32(38)21(37)11-44-31(26(35)25(34(18)5)22(17)14(2)27(13)39-6)24-23(20)30-29(41-12-42-30)15(3)28(24)43-16(4)36/h7,18-20,25-26,31H,8,10-12H2,1-6H3/t18-,19-,20-,25+,26?,31+/m0/s1. The number of carbonyl (C=O) groups is 3. The molecular weight excluding hydrogens is 586 g/mol. The predicted octanol–water partition coefficient (Wildman–Crippen LogP) is 3.40. The van der Waals surface area contributed by atoms with Crippen LogP contribution in [0.3, 0.4) is 0 Å². The lowest BCUT2D eigenvalue weighted by atomic mass is 9.70. The smallest absolute Gasteiger partial charge is 0.375 e. The van der Waals surface area contributed by atoms with E-state index < -0.39 is 35.1 Å². The monoisotopic (exact) mass is 619 g/mol. The molecule has 2 fully saturated rings. The number of hydrogen-bond acceptors (Lipinski definition) is 12. The Hall–Kier alpha value is -3.79. The summed E-state index contributed by atoms with van der Waals surface area (Å²) in [5, 5.41) is 10.3. The molecule has 0 aromatic heterocycles.